The van der Waals surface area contributed by atoms with Crippen LogP contribution in [0.5, 0.6) is 0 Å². The molecule has 14 unspecified atom stereocenters. The quantitative estimate of drug-likeness (QED) is 0.321. The third-order valence-electron chi connectivity index (χ3n) is 19.5. The molecule has 0 aromatic rings. The van der Waals surface area contributed by atoms with Crippen molar-refractivity contribution in [2.45, 2.75) is 118 Å². The standard InChI is InChI=1S/C31H50.C2H6/c1-16-18-24(8)20-25(9)19-23(7)17(2)22(5,6)29(23,13)27(19,11)31(25,15)28(20,12)30(24,14)26(18,10)21(16,3)4;1-2/h16-20H,1-15H3;1-2H3. The lowest BCUT2D eigenvalue weighted by molar-refractivity contribution is -0.699. The summed E-state index contributed by atoms with van der Waals surface area (Å²) in [6.07, 6.45) is 0. The normalized spacial score (nSPS) is 76.1. The third-order valence-corrected chi connectivity index (χ3v) is 19.5. The van der Waals surface area contributed by atoms with Gasteiger partial charge in [0.1, 0.15) is 0 Å². The highest BCUT2D eigenvalue weighted by Gasteiger charge is 3.14. The predicted molar refractivity (Wildman–Crippen MR) is 141 cm³/mol. The van der Waals surface area contributed by atoms with E-state index in [9.17, 15) is 0 Å². The van der Waals surface area contributed by atoms with Crippen LogP contribution in [0.25, 0.3) is 0 Å². The molecule has 0 aromatic heterocycles. The van der Waals surface area contributed by atoms with Crippen molar-refractivity contribution in [3.05, 3.63) is 0 Å². The van der Waals surface area contributed by atoms with Crippen LogP contribution in [0.2, 0.25) is 0 Å². The van der Waals surface area contributed by atoms with Gasteiger partial charge in [0.15, 0.2) is 0 Å². The molecule has 0 amide bonds. The molecular formula is C33H56. The minimum absolute atomic E-state index is 0.447. The van der Waals surface area contributed by atoms with Crippen LogP contribution in [0.3, 0.4) is 0 Å². The largest absolute Gasteiger partial charge is 0.0683 e. The summed E-state index contributed by atoms with van der Waals surface area (Å²) in [6, 6.07) is 0. The summed E-state index contributed by atoms with van der Waals surface area (Å²) in [6.45, 7) is 44.5. The summed E-state index contributed by atoms with van der Waals surface area (Å²) >= 11 is 0. The highest BCUT2D eigenvalue weighted by Crippen LogP contribution is 3.17. The molecule has 0 bridgehead atoms. The molecule has 7 aliphatic rings. The molecule has 0 spiro atoms. The van der Waals surface area contributed by atoms with Crippen LogP contribution < -0.4 is 0 Å². The van der Waals surface area contributed by atoms with Gasteiger partial charge in [0.05, 0.1) is 0 Å². The Hall–Kier alpha value is 0. The molecule has 0 saturated heterocycles. The molecule has 0 heteroatoms. The van der Waals surface area contributed by atoms with Gasteiger partial charge in [-0.1, -0.05) is 118 Å². The molecule has 7 aliphatic carbocycles. The lowest BCUT2D eigenvalue weighted by Gasteiger charge is -3.16. The molecule has 0 N–H and O–H groups in total. The Balaban J connectivity index is 0.00000101. The van der Waals surface area contributed by atoms with E-state index in [0.29, 0.717) is 59.6 Å². The van der Waals surface area contributed by atoms with Gasteiger partial charge in [-0.05, 0) is 89.2 Å². The SMILES string of the molecule is CC.CC1C2C3(C)C4C5(C)C6C7(C)C(C)C(C)(C)C7(C)C6(C)C5(C)C4(C)C3(C)C2(C)C1(C)C. The second kappa shape index (κ2) is 4.69. The molecule has 14 atom stereocenters. The van der Waals surface area contributed by atoms with E-state index in [1.165, 1.54) is 0 Å². The summed E-state index contributed by atoms with van der Waals surface area (Å²) in [5.74, 6) is 4.48. The second-order valence-electron chi connectivity index (χ2n) is 17.1. The van der Waals surface area contributed by atoms with E-state index in [4.69, 9.17) is 0 Å². The Morgan fingerprint density at radius 2 is 0.818 bits per heavy atom. The van der Waals surface area contributed by atoms with Crippen LogP contribution >= 0.6 is 0 Å². The molecule has 0 aromatic carbocycles. The molecule has 7 rings (SSSR count). The summed E-state index contributed by atoms with van der Waals surface area (Å²) in [4.78, 5) is 0. The van der Waals surface area contributed by atoms with Gasteiger partial charge >= 0.3 is 0 Å². The topological polar surface area (TPSA) is 0 Å². The van der Waals surface area contributed by atoms with Crippen LogP contribution in [0, 0.1) is 89.2 Å². The Labute approximate surface area is 206 Å². The average molecular weight is 453 g/mol. The van der Waals surface area contributed by atoms with Crippen molar-refractivity contribution in [3.8, 4) is 0 Å². The van der Waals surface area contributed by atoms with Crippen LogP contribution in [0.15, 0.2) is 0 Å². The van der Waals surface area contributed by atoms with E-state index in [2.05, 4.69) is 104 Å². The first kappa shape index (κ1) is 23.4. The monoisotopic (exact) mass is 452 g/mol. The van der Waals surface area contributed by atoms with E-state index < -0.39 is 0 Å². The molecular weight excluding hydrogens is 396 g/mol. The first-order valence-electron chi connectivity index (χ1n) is 14.7. The van der Waals surface area contributed by atoms with Gasteiger partial charge in [0.2, 0.25) is 0 Å². The fraction of sp³-hybridized carbons (Fsp3) is 1.00. The zero-order chi connectivity index (χ0) is 25.4. The summed E-state index contributed by atoms with van der Waals surface area (Å²) in [5, 5.41) is 0. The predicted octanol–water partition coefficient (Wildman–Crippen LogP) is 9.34. The van der Waals surface area contributed by atoms with Crippen molar-refractivity contribution in [2.75, 3.05) is 0 Å². The smallest absolute Gasteiger partial charge is 0.0141 e. The molecule has 188 valence electrons. The lowest BCUT2D eigenvalue weighted by Crippen LogP contribution is -3.13. The molecule has 0 radical (unpaired) electrons. The molecule has 0 aliphatic heterocycles. The Morgan fingerprint density at radius 3 is 1.30 bits per heavy atom. The van der Waals surface area contributed by atoms with E-state index in [-0.39, 0.29) is 0 Å². The van der Waals surface area contributed by atoms with E-state index in [1.807, 2.05) is 13.8 Å². The molecule has 0 nitrogen and oxygen atoms in total. The maximum Gasteiger partial charge on any atom is -0.0141 e. The average Bonchev–Trinajstić information content (AvgIpc) is 2.76. The highest BCUT2D eigenvalue weighted by atomic mass is 15.2. The fourth-order valence-electron chi connectivity index (χ4n) is 18.0. The van der Waals surface area contributed by atoms with Gasteiger partial charge < -0.3 is 0 Å². The van der Waals surface area contributed by atoms with Crippen molar-refractivity contribution in [2.24, 2.45) is 89.2 Å². The number of fused-ring (bicyclic) bond motifs is 16. The van der Waals surface area contributed by atoms with Crippen LogP contribution in [-0.4, -0.2) is 0 Å². The van der Waals surface area contributed by atoms with Crippen LogP contribution in [0.1, 0.15) is 118 Å². The van der Waals surface area contributed by atoms with Gasteiger partial charge in [-0.25, -0.2) is 0 Å². The van der Waals surface area contributed by atoms with Crippen molar-refractivity contribution < 1.29 is 0 Å². The van der Waals surface area contributed by atoms with Crippen molar-refractivity contribution >= 4 is 0 Å². The van der Waals surface area contributed by atoms with Gasteiger partial charge in [0.25, 0.3) is 0 Å². The second-order valence-corrected chi connectivity index (χ2v) is 17.1. The van der Waals surface area contributed by atoms with Crippen molar-refractivity contribution in [3.63, 3.8) is 0 Å². The maximum atomic E-state index is 2.81. The zero-order valence-corrected chi connectivity index (χ0v) is 25.4. The molecule has 7 saturated carbocycles. The van der Waals surface area contributed by atoms with E-state index in [1.54, 1.807) is 0 Å². The first-order chi connectivity index (χ1) is 14.7. The Kier molecular flexibility index (Phi) is 3.32. The minimum atomic E-state index is 0.447. The van der Waals surface area contributed by atoms with Gasteiger partial charge in [-0.2, -0.15) is 0 Å². The van der Waals surface area contributed by atoms with Crippen molar-refractivity contribution in [1.82, 2.24) is 0 Å². The summed E-state index contributed by atoms with van der Waals surface area (Å²) in [5.41, 5.74) is 5.39. The molecule has 0 heterocycles. The fourth-order valence-corrected chi connectivity index (χ4v) is 18.0. The Bertz CT molecular complexity index is 1020. The lowest BCUT2D eigenvalue weighted by atomic mass is 8.87. The number of rotatable bonds is 0. The van der Waals surface area contributed by atoms with Crippen molar-refractivity contribution in [1.29, 1.82) is 0 Å². The third kappa shape index (κ3) is 1.12. The van der Waals surface area contributed by atoms with Gasteiger partial charge in [0, 0.05) is 0 Å². The minimum Gasteiger partial charge on any atom is -0.0683 e. The van der Waals surface area contributed by atoms with Gasteiger partial charge in [-0.3, -0.25) is 0 Å². The maximum absolute atomic E-state index is 2.81. The number of hydrogen-bond acceptors (Lipinski definition) is 0. The van der Waals surface area contributed by atoms with E-state index in [0.717, 1.165) is 29.6 Å². The van der Waals surface area contributed by atoms with E-state index >= 15 is 0 Å². The van der Waals surface area contributed by atoms with Crippen LogP contribution in [0.4, 0.5) is 0 Å². The molecule has 33 heavy (non-hydrogen) atoms. The summed E-state index contributed by atoms with van der Waals surface area (Å²) < 4.78 is 0. The molecule has 7 fully saturated rings. The Morgan fingerprint density at radius 1 is 0.424 bits per heavy atom. The van der Waals surface area contributed by atoms with Crippen LogP contribution in [-0.2, 0) is 0 Å². The van der Waals surface area contributed by atoms with Gasteiger partial charge in [-0.15, -0.1) is 0 Å². The zero-order valence-electron chi connectivity index (χ0n) is 25.4. The highest BCUT2D eigenvalue weighted by molar-refractivity contribution is 5.60. The number of hydrogen-bond donors (Lipinski definition) is 0. The first-order valence-corrected chi connectivity index (χ1v) is 14.7. The summed E-state index contributed by atoms with van der Waals surface area (Å²) in [7, 11) is 0.